The summed E-state index contributed by atoms with van der Waals surface area (Å²) in [5.41, 5.74) is 3.79. The fourth-order valence-electron chi connectivity index (χ4n) is 3.59. The van der Waals surface area contributed by atoms with Crippen molar-refractivity contribution in [3.63, 3.8) is 0 Å². The number of ketones is 1. The molecule has 7 heteroatoms. The molecule has 0 unspecified atom stereocenters. The van der Waals surface area contributed by atoms with Crippen LogP contribution in [0.1, 0.15) is 43.2 Å². The molecule has 166 valence electrons. The van der Waals surface area contributed by atoms with Crippen LogP contribution in [0.3, 0.4) is 0 Å². The van der Waals surface area contributed by atoms with Gasteiger partial charge in [-0.05, 0) is 42.8 Å². The Morgan fingerprint density at radius 3 is 2.58 bits per heavy atom. The zero-order valence-electron chi connectivity index (χ0n) is 18.0. The average molecular weight is 460 g/mol. The number of carbonyl (C=O) groups excluding carboxylic acids is 1. The van der Waals surface area contributed by atoms with Gasteiger partial charge in [0, 0.05) is 24.5 Å². The summed E-state index contributed by atoms with van der Waals surface area (Å²) in [5.74, 6) is -1.08. The number of benzene rings is 2. The van der Waals surface area contributed by atoms with Crippen molar-refractivity contribution in [2.24, 2.45) is 0 Å². The standard InChI is InChI=1S/C26H22ClN3O3/c1-18-9-11-19(12-10-18)25(31)23-8-4-15-29(23)14-3-6-21-13-16-30(28-21)17-20-5-2-7-22(27)24(20)26(32)33/h2-13,15-16H,14,17H2,1H3,(H,32,33)/b6-3+. The molecule has 2 aromatic carbocycles. The van der Waals surface area contributed by atoms with Crippen LogP contribution in [0, 0.1) is 6.92 Å². The van der Waals surface area contributed by atoms with Crippen LogP contribution < -0.4 is 0 Å². The van der Waals surface area contributed by atoms with Gasteiger partial charge in [-0.15, -0.1) is 0 Å². The Hall–Kier alpha value is -3.90. The predicted molar refractivity (Wildman–Crippen MR) is 128 cm³/mol. The molecule has 0 atom stereocenters. The number of allylic oxidation sites excluding steroid dienone is 1. The highest BCUT2D eigenvalue weighted by Gasteiger charge is 2.15. The van der Waals surface area contributed by atoms with Crippen molar-refractivity contribution >= 4 is 29.4 Å². The maximum absolute atomic E-state index is 12.8. The fraction of sp³-hybridized carbons (Fsp3) is 0.115. The Bertz CT molecular complexity index is 1330. The first-order chi connectivity index (χ1) is 15.9. The summed E-state index contributed by atoms with van der Waals surface area (Å²) in [6.45, 7) is 2.80. The van der Waals surface area contributed by atoms with E-state index < -0.39 is 5.97 Å². The molecule has 2 aromatic heterocycles. The second kappa shape index (κ2) is 9.71. The van der Waals surface area contributed by atoms with Crippen molar-refractivity contribution in [2.75, 3.05) is 0 Å². The van der Waals surface area contributed by atoms with Crippen molar-refractivity contribution in [3.8, 4) is 0 Å². The zero-order valence-corrected chi connectivity index (χ0v) is 18.7. The highest BCUT2D eigenvalue weighted by atomic mass is 35.5. The van der Waals surface area contributed by atoms with Crippen LogP contribution in [0.5, 0.6) is 0 Å². The molecule has 0 aliphatic heterocycles. The van der Waals surface area contributed by atoms with Gasteiger partial charge in [0.15, 0.2) is 0 Å². The minimum Gasteiger partial charge on any atom is -0.478 e. The normalized spacial score (nSPS) is 11.2. The maximum Gasteiger partial charge on any atom is 0.337 e. The minimum atomic E-state index is -1.06. The summed E-state index contributed by atoms with van der Waals surface area (Å²) in [6.07, 6.45) is 7.46. The van der Waals surface area contributed by atoms with Crippen molar-refractivity contribution in [2.45, 2.75) is 20.0 Å². The van der Waals surface area contributed by atoms with Crippen molar-refractivity contribution in [1.82, 2.24) is 14.3 Å². The summed E-state index contributed by atoms with van der Waals surface area (Å²) in [6, 6.07) is 18.1. The van der Waals surface area contributed by atoms with Gasteiger partial charge in [0.2, 0.25) is 5.78 Å². The zero-order chi connectivity index (χ0) is 23.4. The smallest absolute Gasteiger partial charge is 0.337 e. The lowest BCUT2D eigenvalue weighted by molar-refractivity contribution is 0.0695. The lowest BCUT2D eigenvalue weighted by atomic mass is 10.1. The molecular formula is C26H22ClN3O3. The Morgan fingerprint density at radius 2 is 1.82 bits per heavy atom. The third-order valence-electron chi connectivity index (χ3n) is 5.27. The monoisotopic (exact) mass is 459 g/mol. The predicted octanol–water partition coefficient (Wildman–Crippen LogP) is 5.34. The van der Waals surface area contributed by atoms with Gasteiger partial charge in [0.1, 0.15) is 0 Å². The number of rotatable bonds is 8. The van der Waals surface area contributed by atoms with E-state index in [9.17, 15) is 14.7 Å². The van der Waals surface area contributed by atoms with E-state index in [-0.39, 0.29) is 16.4 Å². The first-order valence-corrected chi connectivity index (χ1v) is 10.8. The number of aryl methyl sites for hydroxylation is 1. The number of aromatic carboxylic acids is 1. The molecular weight excluding hydrogens is 438 g/mol. The third-order valence-corrected chi connectivity index (χ3v) is 5.59. The number of nitrogens with zero attached hydrogens (tertiary/aromatic N) is 3. The molecule has 4 rings (SSSR count). The van der Waals surface area contributed by atoms with Gasteiger partial charge < -0.3 is 9.67 Å². The van der Waals surface area contributed by atoms with Gasteiger partial charge in [-0.3, -0.25) is 9.48 Å². The van der Waals surface area contributed by atoms with Crippen LogP contribution in [-0.4, -0.2) is 31.2 Å². The molecule has 2 heterocycles. The van der Waals surface area contributed by atoms with Gasteiger partial charge in [0.05, 0.1) is 28.5 Å². The minimum absolute atomic E-state index is 0.0200. The van der Waals surface area contributed by atoms with Gasteiger partial charge in [-0.1, -0.05) is 59.6 Å². The number of carboxylic acids is 1. The molecule has 0 aliphatic carbocycles. The molecule has 0 fully saturated rings. The second-order valence-corrected chi connectivity index (χ2v) is 8.07. The largest absolute Gasteiger partial charge is 0.478 e. The Balaban J connectivity index is 1.44. The highest BCUT2D eigenvalue weighted by Crippen LogP contribution is 2.21. The Kier molecular flexibility index (Phi) is 6.56. The van der Waals surface area contributed by atoms with E-state index in [2.05, 4.69) is 5.10 Å². The summed E-state index contributed by atoms with van der Waals surface area (Å²) in [7, 11) is 0. The molecule has 0 aliphatic rings. The van der Waals surface area contributed by atoms with Crippen molar-refractivity contribution in [3.05, 3.63) is 118 Å². The molecule has 0 spiro atoms. The topological polar surface area (TPSA) is 77.1 Å². The average Bonchev–Trinajstić information content (AvgIpc) is 3.43. The van der Waals surface area contributed by atoms with E-state index in [1.807, 2.05) is 72.3 Å². The van der Waals surface area contributed by atoms with Gasteiger partial charge >= 0.3 is 5.97 Å². The highest BCUT2D eigenvalue weighted by molar-refractivity contribution is 6.33. The lowest BCUT2D eigenvalue weighted by Crippen LogP contribution is -2.09. The number of hydrogen-bond acceptors (Lipinski definition) is 3. The molecule has 4 aromatic rings. The Morgan fingerprint density at radius 1 is 1.03 bits per heavy atom. The third kappa shape index (κ3) is 5.13. The summed E-state index contributed by atoms with van der Waals surface area (Å²) >= 11 is 6.05. The van der Waals surface area contributed by atoms with E-state index in [0.717, 1.165) is 11.3 Å². The van der Waals surface area contributed by atoms with Crippen LogP contribution >= 0.6 is 11.6 Å². The van der Waals surface area contributed by atoms with Gasteiger partial charge in [-0.25, -0.2) is 4.79 Å². The van der Waals surface area contributed by atoms with Gasteiger partial charge in [-0.2, -0.15) is 5.10 Å². The van der Waals surface area contributed by atoms with E-state index >= 15 is 0 Å². The molecule has 0 saturated heterocycles. The number of halogens is 1. The molecule has 0 saturated carbocycles. The molecule has 6 nitrogen and oxygen atoms in total. The molecule has 0 bridgehead atoms. The number of hydrogen-bond donors (Lipinski definition) is 1. The summed E-state index contributed by atoms with van der Waals surface area (Å²) < 4.78 is 3.56. The molecule has 1 N–H and O–H groups in total. The van der Waals surface area contributed by atoms with E-state index in [1.165, 1.54) is 0 Å². The van der Waals surface area contributed by atoms with Crippen molar-refractivity contribution < 1.29 is 14.7 Å². The van der Waals surface area contributed by atoms with Crippen LogP contribution in [0.15, 0.2) is 79.1 Å². The fourth-order valence-corrected chi connectivity index (χ4v) is 3.86. The van der Waals surface area contributed by atoms with E-state index in [4.69, 9.17) is 11.6 Å². The first-order valence-electron chi connectivity index (χ1n) is 10.4. The molecule has 0 amide bonds. The number of aromatic nitrogens is 3. The summed E-state index contributed by atoms with van der Waals surface area (Å²) in [4.78, 5) is 24.4. The number of carbonyl (C=O) groups is 2. The van der Waals surface area contributed by atoms with Crippen molar-refractivity contribution in [1.29, 1.82) is 0 Å². The van der Waals surface area contributed by atoms with Crippen LogP contribution in [0.2, 0.25) is 5.02 Å². The molecule has 0 radical (unpaired) electrons. The van der Waals surface area contributed by atoms with Crippen LogP contribution in [0.25, 0.3) is 6.08 Å². The van der Waals surface area contributed by atoms with E-state index in [0.29, 0.717) is 29.9 Å². The quantitative estimate of drug-likeness (QED) is 0.361. The maximum atomic E-state index is 12.8. The van der Waals surface area contributed by atoms with Gasteiger partial charge in [0.25, 0.3) is 0 Å². The van der Waals surface area contributed by atoms with Crippen LogP contribution in [-0.2, 0) is 13.1 Å². The Labute approximate surface area is 196 Å². The first kappa shape index (κ1) is 22.3. The second-order valence-electron chi connectivity index (χ2n) is 7.66. The van der Waals surface area contributed by atoms with Crippen LogP contribution in [0.4, 0.5) is 0 Å². The van der Waals surface area contributed by atoms with E-state index in [1.54, 1.807) is 29.1 Å². The molecule has 33 heavy (non-hydrogen) atoms. The SMILES string of the molecule is Cc1ccc(C(=O)c2cccn2C/C=C/c2ccn(Cc3cccc(Cl)c3C(=O)O)n2)cc1. The summed E-state index contributed by atoms with van der Waals surface area (Å²) in [5, 5.41) is 14.1. The number of carboxylic acid groups (broad SMARTS) is 1. The lowest BCUT2D eigenvalue weighted by Gasteiger charge is -2.08.